The summed E-state index contributed by atoms with van der Waals surface area (Å²) >= 11 is 0. The third-order valence-corrected chi connectivity index (χ3v) is 3.64. The van der Waals surface area contributed by atoms with Crippen LogP contribution >= 0.6 is 0 Å². The molecule has 0 aromatic heterocycles. The van der Waals surface area contributed by atoms with Crippen LogP contribution in [0, 0.1) is 0 Å². The first-order chi connectivity index (χ1) is 8.89. The highest BCUT2D eigenvalue weighted by atomic mass is 32.2. The smallest absolute Gasteiger partial charge is 0.320 e. The number of phenols is 1. The number of carboxylic acids is 1. The van der Waals surface area contributed by atoms with E-state index in [0.29, 0.717) is 10.8 Å². The number of benzene rings is 2. The van der Waals surface area contributed by atoms with E-state index in [9.17, 15) is 18.3 Å². The third-order valence-electron chi connectivity index (χ3n) is 2.48. The van der Waals surface area contributed by atoms with Crippen LogP contribution in [-0.4, -0.2) is 30.4 Å². The maximum absolute atomic E-state index is 11.6. The zero-order valence-corrected chi connectivity index (χ0v) is 10.5. The lowest BCUT2D eigenvalue weighted by Crippen LogP contribution is -2.22. The molecule has 0 aliphatic heterocycles. The van der Waals surface area contributed by atoms with Gasteiger partial charge in [-0.25, -0.2) is 8.42 Å². The van der Waals surface area contributed by atoms with Gasteiger partial charge in [-0.2, -0.15) is 0 Å². The van der Waals surface area contributed by atoms with Gasteiger partial charge in [0.25, 0.3) is 0 Å². The number of aromatic hydroxyl groups is 1. The lowest BCUT2D eigenvalue weighted by atomic mass is 10.1. The second-order valence-electron chi connectivity index (χ2n) is 3.93. The summed E-state index contributed by atoms with van der Waals surface area (Å²) in [5.74, 6) is -2.42. The van der Waals surface area contributed by atoms with Gasteiger partial charge in [0.2, 0.25) is 10.0 Å². The van der Waals surface area contributed by atoms with E-state index in [-0.39, 0.29) is 11.4 Å². The maximum Gasteiger partial charge on any atom is 0.320 e. The predicted molar refractivity (Wildman–Crippen MR) is 70.7 cm³/mol. The molecule has 0 amide bonds. The van der Waals surface area contributed by atoms with Crippen molar-refractivity contribution in [1.29, 1.82) is 0 Å². The first-order valence-corrected chi connectivity index (χ1v) is 6.97. The van der Waals surface area contributed by atoms with Gasteiger partial charge < -0.3 is 10.2 Å². The average molecular weight is 281 g/mol. The van der Waals surface area contributed by atoms with E-state index in [1.54, 1.807) is 24.3 Å². The van der Waals surface area contributed by atoms with Crippen molar-refractivity contribution in [3.63, 3.8) is 0 Å². The lowest BCUT2D eigenvalue weighted by Gasteiger charge is -2.10. The first-order valence-electron chi connectivity index (χ1n) is 5.32. The Morgan fingerprint density at radius 2 is 1.74 bits per heavy atom. The minimum Gasteiger partial charge on any atom is -0.507 e. The van der Waals surface area contributed by atoms with Crippen molar-refractivity contribution in [2.75, 3.05) is 10.5 Å². The molecule has 6 nitrogen and oxygen atoms in total. The molecule has 7 heteroatoms. The number of hydrogen-bond acceptors (Lipinski definition) is 4. The molecule has 3 N–H and O–H groups in total. The molecule has 0 radical (unpaired) electrons. The van der Waals surface area contributed by atoms with Crippen molar-refractivity contribution in [3.05, 3.63) is 36.4 Å². The molecule has 100 valence electrons. The van der Waals surface area contributed by atoms with E-state index < -0.39 is 21.7 Å². The van der Waals surface area contributed by atoms with Crippen LogP contribution in [0.5, 0.6) is 5.75 Å². The fraction of sp³-hybridized carbons (Fsp3) is 0.0833. The van der Waals surface area contributed by atoms with Crippen molar-refractivity contribution < 1.29 is 23.4 Å². The Kier molecular flexibility index (Phi) is 3.30. The van der Waals surface area contributed by atoms with Gasteiger partial charge in [-0.1, -0.05) is 24.3 Å². The Morgan fingerprint density at radius 3 is 2.42 bits per heavy atom. The number of phenolic OH excluding ortho intramolecular Hbond substituents is 1. The van der Waals surface area contributed by atoms with Crippen LogP contribution in [0.4, 0.5) is 5.69 Å². The molecule has 0 saturated heterocycles. The SMILES string of the molecule is O=C(O)CS(=O)(=O)Nc1cccc2c(O)cccc12. The van der Waals surface area contributed by atoms with E-state index >= 15 is 0 Å². The zero-order valence-electron chi connectivity index (χ0n) is 9.70. The summed E-state index contributed by atoms with van der Waals surface area (Å²) in [4.78, 5) is 10.5. The number of fused-ring (bicyclic) bond motifs is 1. The molecular formula is C12H11NO5S. The molecule has 0 bridgehead atoms. The molecule has 2 aromatic carbocycles. The molecule has 0 unspecified atom stereocenters. The summed E-state index contributed by atoms with van der Waals surface area (Å²) in [5.41, 5.74) is 0.231. The van der Waals surface area contributed by atoms with Gasteiger partial charge in [-0.3, -0.25) is 9.52 Å². The van der Waals surface area contributed by atoms with Crippen molar-refractivity contribution in [2.45, 2.75) is 0 Å². The molecule has 0 heterocycles. The summed E-state index contributed by atoms with van der Waals surface area (Å²) in [6.45, 7) is 0. The summed E-state index contributed by atoms with van der Waals surface area (Å²) in [6, 6.07) is 9.40. The Morgan fingerprint density at radius 1 is 1.11 bits per heavy atom. The van der Waals surface area contributed by atoms with Crippen LogP contribution in [0.15, 0.2) is 36.4 Å². The van der Waals surface area contributed by atoms with Crippen molar-refractivity contribution in [1.82, 2.24) is 0 Å². The van der Waals surface area contributed by atoms with Gasteiger partial charge in [0.15, 0.2) is 5.75 Å². The highest BCUT2D eigenvalue weighted by molar-refractivity contribution is 7.93. The molecule has 0 aliphatic rings. The van der Waals surface area contributed by atoms with Crippen LogP contribution in [0.1, 0.15) is 0 Å². The van der Waals surface area contributed by atoms with Gasteiger partial charge in [-0.15, -0.1) is 0 Å². The minimum absolute atomic E-state index is 0.0248. The van der Waals surface area contributed by atoms with Gasteiger partial charge in [-0.05, 0) is 12.1 Å². The predicted octanol–water partition coefficient (Wildman–Crippen LogP) is 1.37. The highest BCUT2D eigenvalue weighted by Gasteiger charge is 2.16. The molecule has 2 aromatic rings. The largest absolute Gasteiger partial charge is 0.507 e. The van der Waals surface area contributed by atoms with Crippen LogP contribution < -0.4 is 4.72 Å². The van der Waals surface area contributed by atoms with E-state index in [1.807, 2.05) is 0 Å². The number of nitrogens with one attached hydrogen (secondary N) is 1. The summed E-state index contributed by atoms with van der Waals surface area (Å²) < 4.78 is 25.4. The minimum atomic E-state index is -3.97. The lowest BCUT2D eigenvalue weighted by molar-refractivity contribution is -0.134. The Balaban J connectivity index is 2.47. The molecular weight excluding hydrogens is 270 g/mol. The Hall–Kier alpha value is -2.28. The van der Waals surface area contributed by atoms with Crippen LogP contribution in [-0.2, 0) is 14.8 Å². The van der Waals surface area contributed by atoms with Crippen LogP contribution in [0.25, 0.3) is 10.8 Å². The maximum atomic E-state index is 11.6. The van der Waals surface area contributed by atoms with E-state index in [2.05, 4.69) is 4.72 Å². The fourth-order valence-electron chi connectivity index (χ4n) is 1.75. The van der Waals surface area contributed by atoms with Gasteiger partial charge in [0, 0.05) is 10.8 Å². The quantitative estimate of drug-likeness (QED) is 0.785. The van der Waals surface area contributed by atoms with Crippen LogP contribution in [0.2, 0.25) is 0 Å². The number of carboxylic acid groups (broad SMARTS) is 1. The number of sulfonamides is 1. The molecule has 0 spiro atoms. The Labute approximate surface area is 109 Å². The summed E-state index contributed by atoms with van der Waals surface area (Å²) in [5, 5.41) is 19.2. The van der Waals surface area contributed by atoms with Gasteiger partial charge in [0.1, 0.15) is 5.75 Å². The molecule has 0 aliphatic carbocycles. The van der Waals surface area contributed by atoms with Crippen molar-refractivity contribution >= 4 is 32.5 Å². The number of rotatable bonds is 4. The zero-order chi connectivity index (χ0) is 14.0. The second-order valence-corrected chi connectivity index (χ2v) is 5.66. The molecule has 0 fully saturated rings. The van der Waals surface area contributed by atoms with Crippen molar-refractivity contribution in [2.24, 2.45) is 0 Å². The van der Waals surface area contributed by atoms with Crippen LogP contribution in [0.3, 0.4) is 0 Å². The molecule has 2 rings (SSSR count). The molecule has 19 heavy (non-hydrogen) atoms. The topological polar surface area (TPSA) is 104 Å². The normalized spacial score (nSPS) is 11.4. The van der Waals surface area contributed by atoms with Crippen molar-refractivity contribution in [3.8, 4) is 5.75 Å². The standard InChI is InChI=1S/C12H11NO5S/c14-11-6-2-3-8-9(11)4-1-5-10(8)13-19(17,18)7-12(15)16/h1-6,13-14H,7H2,(H,15,16). The summed E-state index contributed by atoms with van der Waals surface area (Å²) in [7, 11) is -3.97. The highest BCUT2D eigenvalue weighted by Crippen LogP contribution is 2.30. The van der Waals surface area contributed by atoms with Gasteiger partial charge >= 0.3 is 5.97 Å². The number of aliphatic carboxylic acids is 1. The number of carbonyl (C=O) groups is 1. The van der Waals surface area contributed by atoms with E-state index in [0.717, 1.165) is 0 Å². The first kappa shape index (κ1) is 13.2. The average Bonchev–Trinajstić information content (AvgIpc) is 2.28. The van der Waals surface area contributed by atoms with Gasteiger partial charge in [0.05, 0.1) is 5.69 Å². The number of hydrogen-bond donors (Lipinski definition) is 3. The monoisotopic (exact) mass is 281 g/mol. The van der Waals surface area contributed by atoms with E-state index in [1.165, 1.54) is 12.1 Å². The molecule has 0 atom stereocenters. The molecule has 0 saturated carbocycles. The number of anilines is 1. The fourth-order valence-corrected chi connectivity index (χ4v) is 2.66. The second kappa shape index (κ2) is 4.77. The Bertz CT molecular complexity index is 739. The third kappa shape index (κ3) is 2.94. The van der Waals surface area contributed by atoms with E-state index in [4.69, 9.17) is 5.11 Å². The summed E-state index contributed by atoms with van der Waals surface area (Å²) in [6.07, 6.45) is 0.